The van der Waals surface area contributed by atoms with Crippen molar-refractivity contribution in [2.45, 2.75) is 20.8 Å². The summed E-state index contributed by atoms with van der Waals surface area (Å²) in [6.45, 7) is 6.02. The van der Waals surface area contributed by atoms with Crippen molar-refractivity contribution < 1.29 is 4.74 Å². The summed E-state index contributed by atoms with van der Waals surface area (Å²) in [5.74, 6) is 0.819. The third-order valence-electron chi connectivity index (χ3n) is 1.73. The molecule has 3 nitrogen and oxygen atoms in total. The molecule has 14 heavy (non-hydrogen) atoms. The molecule has 1 rings (SSSR count). The number of methoxy groups -OCH3 is 1. The fourth-order valence-electron chi connectivity index (χ4n) is 1.26. The molecule has 0 fully saturated rings. The molecule has 1 heterocycles. The maximum Gasteiger partial charge on any atom is 0.160 e. The van der Waals surface area contributed by atoms with Crippen LogP contribution in [0, 0.1) is 6.92 Å². The predicted molar refractivity (Wildman–Crippen MR) is 61.2 cm³/mol. The lowest BCUT2D eigenvalue weighted by atomic mass is 10.2. The largest absolute Gasteiger partial charge is 0.493 e. The normalized spacial score (nSPS) is 8.71. The van der Waals surface area contributed by atoms with E-state index in [0.29, 0.717) is 0 Å². The van der Waals surface area contributed by atoms with Crippen LogP contribution in [-0.4, -0.2) is 26.2 Å². The van der Waals surface area contributed by atoms with Gasteiger partial charge in [-0.2, -0.15) is 0 Å². The van der Waals surface area contributed by atoms with E-state index in [1.807, 2.05) is 46.0 Å². The lowest BCUT2D eigenvalue weighted by Gasteiger charge is -2.18. The molecule has 0 aromatic carbocycles. The van der Waals surface area contributed by atoms with E-state index >= 15 is 0 Å². The van der Waals surface area contributed by atoms with Gasteiger partial charge < -0.3 is 9.64 Å². The first-order chi connectivity index (χ1) is 6.66. The van der Waals surface area contributed by atoms with E-state index in [1.165, 1.54) is 0 Å². The highest BCUT2D eigenvalue weighted by Crippen LogP contribution is 2.28. The smallest absolute Gasteiger partial charge is 0.160 e. The van der Waals surface area contributed by atoms with Gasteiger partial charge in [-0.1, -0.05) is 13.8 Å². The van der Waals surface area contributed by atoms with Crippen LogP contribution < -0.4 is 9.64 Å². The Morgan fingerprint density at radius 3 is 2.14 bits per heavy atom. The summed E-state index contributed by atoms with van der Waals surface area (Å²) in [6, 6.07) is 0. The summed E-state index contributed by atoms with van der Waals surface area (Å²) >= 11 is 0. The number of hydrogen-bond acceptors (Lipinski definition) is 3. The summed E-state index contributed by atoms with van der Waals surface area (Å²) in [5.41, 5.74) is 2.21. The van der Waals surface area contributed by atoms with Gasteiger partial charge in [-0.05, 0) is 12.5 Å². The summed E-state index contributed by atoms with van der Waals surface area (Å²) in [4.78, 5) is 6.07. The molecule has 0 aliphatic heterocycles. The number of ether oxygens (including phenoxy) is 1. The SMILES string of the molecule is CC.COc1cncc(C)c1N(C)C. The molecule has 0 atom stereocenters. The molecule has 0 saturated heterocycles. The minimum atomic E-state index is 0.819. The third kappa shape index (κ3) is 2.91. The Morgan fingerprint density at radius 1 is 1.21 bits per heavy atom. The minimum Gasteiger partial charge on any atom is -0.493 e. The average molecular weight is 196 g/mol. The van der Waals surface area contributed by atoms with E-state index in [9.17, 15) is 0 Å². The van der Waals surface area contributed by atoms with Crippen molar-refractivity contribution in [2.75, 3.05) is 26.1 Å². The van der Waals surface area contributed by atoms with Gasteiger partial charge in [0.05, 0.1) is 19.0 Å². The molecule has 0 unspecified atom stereocenters. The standard InChI is InChI=1S/C9H14N2O.C2H6/c1-7-5-10-6-8(12-4)9(7)11(2)3;1-2/h5-6H,1-4H3;1-2H3. The van der Waals surface area contributed by atoms with Crippen LogP contribution in [-0.2, 0) is 0 Å². The number of nitrogens with zero attached hydrogens (tertiary/aromatic N) is 2. The Kier molecular flexibility index (Phi) is 5.68. The summed E-state index contributed by atoms with van der Waals surface area (Å²) in [7, 11) is 5.64. The van der Waals surface area contributed by atoms with Crippen LogP contribution in [0.4, 0.5) is 5.69 Å². The topological polar surface area (TPSA) is 25.4 Å². The number of aromatic nitrogens is 1. The van der Waals surface area contributed by atoms with Crippen molar-refractivity contribution >= 4 is 5.69 Å². The van der Waals surface area contributed by atoms with Crippen molar-refractivity contribution in [3.05, 3.63) is 18.0 Å². The van der Waals surface area contributed by atoms with E-state index in [2.05, 4.69) is 4.98 Å². The molecule has 1 aromatic rings. The van der Waals surface area contributed by atoms with Crippen LogP contribution in [0.2, 0.25) is 0 Å². The molecule has 0 aliphatic rings. The summed E-state index contributed by atoms with van der Waals surface area (Å²) in [6.07, 6.45) is 3.56. The molecule has 0 spiro atoms. The Morgan fingerprint density at radius 2 is 1.79 bits per heavy atom. The molecule has 80 valence electrons. The molecule has 0 radical (unpaired) electrons. The first-order valence-corrected chi connectivity index (χ1v) is 4.82. The third-order valence-corrected chi connectivity index (χ3v) is 1.73. The highest BCUT2D eigenvalue weighted by Gasteiger charge is 2.07. The van der Waals surface area contributed by atoms with Gasteiger partial charge in [0.15, 0.2) is 5.75 Å². The first-order valence-electron chi connectivity index (χ1n) is 4.82. The zero-order valence-electron chi connectivity index (χ0n) is 9.96. The van der Waals surface area contributed by atoms with Crippen LogP contribution >= 0.6 is 0 Å². The second kappa shape index (κ2) is 6.24. The van der Waals surface area contributed by atoms with E-state index < -0.39 is 0 Å². The molecule has 3 heteroatoms. The molecule has 0 N–H and O–H groups in total. The Hall–Kier alpha value is -1.25. The van der Waals surface area contributed by atoms with Gasteiger partial charge in [0.2, 0.25) is 0 Å². The number of rotatable bonds is 2. The number of aryl methyl sites for hydroxylation is 1. The monoisotopic (exact) mass is 196 g/mol. The lowest BCUT2D eigenvalue weighted by molar-refractivity contribution is 0.413. The Balaban J connectivity index is 0.000000791. The Bertz CT molecular complexity index is 272. The zero-order chi connectivity index (χ0) is 11.1. The Labute approximate surface area is 86.7 Å². The molecule has 0 aliphatic carbocycles. The molecular weight excluding hydrogens is 176 g/mol. The van der Waals surface area contributed by atoms with Crippen LogP contribution in [0.25, 0.3) is 0 Å². The number of anilines is 1. The summed E-state index contributed by atoms with van der Waals surface area (Å²) < 4.78 is 5.18. The van der Waals surface area contributed by atoms with E-state index in [4.69, 9.17) is 4.74 Å². The van der Waals surface area contributed by atoms with Crippen molar-refractivity contribution in [3.63, 3.8) is 0 Å². The maximum atomic E-state index is 5.18. The fraction of sp³-hybridized carbons (Fsp3) is 0.545. The van der Waals surface area contributed by atoms with Crippen molar-refractivity contribution in [3.8, 4) is 5.75 Å². The van der Waals surface area contributed by atoms with Gasteiger partial charge in [0.1, 0.15) is 0 Å². The summed E-state index contributed by atoms with van der Waals surface area (Å²) in [5, 5.41) is 0. The van der Waals surface area contributed by atoms with Gasteiger partial charge in [0, 0.05) is 20.3 Å². The van der Waals surface area contributed by atoms with Crippen molar-refractivity contribution in [2.24, 2.45) is 0 Å². The highest BCUT2D eigenvalue weighted by atomic mass is 16.5. The number of hydrogen-bond donors (Lipinski definition) is 0. The molecular formula is C11H20N2O. The minimum absolute atomic E-state index is 0.819. The molecule has 0 bridgehead atoms. The van der Waals surface area contributed by atoms with Crippen LogP contribution in [0.3, 0.4) is 0 Å². The van der Waals surface area contributed by atoms with Gasteiger partial charge in [-0.15, -0.1) is 0 Å². The van der Waals surface area contributed by atoms with Gasteiger partial charge in [-0.25, -0.2) is 0 Å². The second-order valence-corrected chi connectivity index (χ2v) is 2.90. The van der Waals surface area contributed by atoms with Gasteiger partial charge >= 0.3 is 0 Å². The maximum absolute atomic E-state index is 5.18. The fourth-order valence-corrected chi connectivity index (χ4v) is 1.26. The van der Waals surface area contributed by atoms with E-state index in [1.54, 1.807) is 13.3 Å². The molecule has 0 amide bonds. The molecule has 1 aromatic heterocycles. The quantitative estimate of drug-likeness (QED) is 0.726. The predicted octanol–water partition coefficient (Wildman–Crippen LogP) is 2.49. The van der Waals surface area contributed by atoms with E-state index in [-0.39, 0.29) is 0 Å². The van der Waals surface area contributed by atoms with Crippen LogP contribution in [0.15, 0.2) is 12.4 Å². The molecule has 0 saturated carbocycles. The van der Waals surface area contributed by atoms with Crippen LogP contribution in [0.1, 0.15) is 19.4 Å². The van der Waals surface area contributed by atoms with Crippen LogP contribution in [0.5, 0.6) is 5.75 Å². The van der Waals surface area contributed by atoms with Gasteiger partial charge in [-0.3, -0.25) is 4.98 Å². The van der Waals surface area contributed by atoms with E-state index in [0.717, 1.165) is 17.0 Å². The number of pyridine rings is 1. The highest BCUT2D eigenvalue weighted by molar-refractivity contribution is 5.61. The van der Waals surface area contributed by atoms with Crippen molar-refractivity contribution in [1.29, 1.82) is 0 Å². The van der Waals surface area contributed by atoms with Crippen molar-refractivity contribution in [1.82, 2.24) is 4.98 Å². The zero-order valence-corrected chi connectivity index (χ0v) is 9.96. The average Bonchev–Trinajstić information content (AvgIpc) is 2.19. The first kappa shape index (κ1) is 12.8. The lowest BCUT2D eigenvalue weighted by Crippen LogP contribution is -2.11. The second-order valence-electron chi connectivity index (χ2n) is 2.90. The van der Waals surface area contributed by atoms with Gasteiger partial charge in [0.25, 0.3) is 0 Å².